The Morgan fingerprint density at radius 3 is 2.43 bits per heavy atom. The predicted molar refractivity (Wildman–Crippen MR) is 220 cm³/mol. The number of imide groups is 1. The van der Waals surface area contributed by atoms with Crippen LogP contribution in [-0.2, 0) is 63.4 Å². The van der Waals surface area contributed by atoms with E-state index in [4.69, 9.17) is 14.5 Å². The largest absolute Gasteiger partial charge is 0.458 e. The Hall–Kier alpha value is -5.81. The molecule has 0 saturated heterocycles. The van der Waals surface area contributed by atoms with Gasteiger partial charge in [0.15, 0.2) is 5.60 Å². The number of aliphatic hydroxyl groups is 1. The van der Waals surface area contributed by atoms with Gasteiger partial charge in [0.2, 0.25) is 17.7 Å². The summed E-state index contributed by atoms with van der Waals surface area (Å²) in [5, 5.41) is 20.0. The first kappa shape index (κ1) is 44.7. The molecule has 5 amide bonds. The number of benzene rings is 1. The molecule has 0 bridgehead atoms. The monoisotopic (exact) mass is 844 g/mol. The van der Waals surface area contributed by atoms with Crippen LogP contribution in [0.5, 0.6) is 0 Å². The van der Waals surface area contributed by atoms with Crippen molar-refractivity contribution in [3.05, 3.63) is 74.3 Å². The van der Waals surface area contributed by atoms with E-state index in [-0.39, 0.29) is 79.6 Å². The molecule has 3 atom stereocenters. The second-order valence-corrected chi connectivity index (χ2v) is 16.2. The predicted octanol–water partition coefficient (Wildman–Crippen LogP) is 3.07. The molecule has 1 aromatic carbocycles. The van der Waals surface area contributed by atoms with Crippen LogP contribution in [0.4, 0.5) is 4.39 Å². The van der Waals surface area contributed by atoms with Crippen molar-refractivity contribution in [1.29, 1.82) is 0 Å². The highest BCUT2D eigenvalue weighted by Gasteiger charge is 2.45. The van der Waals surface area contributed by atoms with Gasteiger partial charge in [0, 0.05) is 54.3 Å². The first-order chi connectivity index (χ1) is 29.0. The number of amides is 5. The van der Waals surface area contributed by atoms with Gasteiger partial charge in [0.1, 0.15) is 31.2 Å². The molecule has 5 heterocycles. The van der Waals surface area contributed by atoms with E-state index in [2.05, 4.69) is 16.0 Å². The third-order valence-electron chi connectivity index (χ3n) is 11.7. The molecule has 6 rings (SSSR count). The standard InChI is InChI=1S/C44H53FN6O10/c1-6-44(59)31-19-34-39-27(21-51(34)42(57)30(31)22-61-43(44)58)18-29-28(25(4)32(45)20-33(29)48-39)12-9-11-17-60-23-46-40(55)26(5)47-41(56)38(24(2)3)49-35(52)13-8-7-10-16-50-36(53)14-15-37(50)54/h14-15,18-20,24,26,38,59H,6-13,16-17,21-23H2,1-5H3,(H,46,55)(H,47,56)(H,49,52)/t26-,38-,44-/m0/s1. The second kappa shape index (κ2) is 18.8. The van der Waals surface area contributed by atoms with Gasteiger partial charge in [-0.2, -0.15) is 0 Å². The molecule has 2 aromatic heterocycles. The SMILES string of the molecule is CC[C@@]1(O)C(=O)OCc2c1cc1n(c2=O)Cc2cc3c(CCCCOCNC(=O)[C@H](C)NC(=O)[C@@H](NC(=O)CCCCCN4C(=O)C=CC4=O)C(C)C)c(C)c(F)cc3nc2-1. The lowest BCUT2D eigenvalue weighted by Gasteiger charge is -2.31. The van der Waals surface area contributed by atoms with E-state index in [0.29, 0.717) is 67.6 Å². The minimum absolute atomic E-state index is 0.0230. The number of halogens is 1. The topological polar surface area (TPSA) is 215 Å². The first-order valence-electron chi connectivity index (χ1n) is 20.8. The van der Waals surface area contributed by atoms with E-state index in [1.807, 2.05) is 6.07 Å². The van der Waals surface area contributed by atoms with Gasteiger partial charge < -0.3 is 35.1 Å². The third-order valence-corrected chi connectivity index (χ3v) is 11.7. The molecular weight excluding hydrogens is 792 g/mol. The summed E-state index contributed by atoms with van der Waals surface area (Å²) in [6, 6.07) is 3.15. The number of ether oxygens (including phenoxy) is 2. The zero-order chi connectivity index (χ0) is 44.2. The average Bonchev–Trinajstić information content (AvgIpc) is 3.75. The van der Waals surface area contributed by atoms with E-state index in [0.717, 1.165) is 21.4 Å². The molecule has 0 unspecified atom stereocenters. The van der Waals surface area contributed by atoms with Gasteiger partial charge in [-0.3, -0.25) is 33.7 Å². The lowest BCUT2D eigenvalue weighted by atomic mass is 9.86. The van der Waals surface area contributed by atoms with Gasteiger partial charge in [-0.15, -0.1) is 0 Å². The maximum atomic E-state index is 15.3. The number of unbranched alkanes of at least 4 members (excludes halogenated alkanes) is 3. The van der Waals surface area contributed by atoms with Crippen LogP contribution < -0.4 is 21.5 Å². The maximum absolute atomic E-state index is 15.3. The number of cyclic esters (lactones) is 1. The summed E-state index contributed by atoms with van der Waals surface area (Å²) in [6.45, 7) is 8.92. The fourth-order valence-corrected chi connectivity index (χ4v) is 7.97. The molecule has 4 N–H and O–H groups in total. The van der Waals surface area contributed by atoms with Gasteiger partial charge in [0.05, 0.1) is 29.0 Å². The molecule has 17 heteroatoms. The summed E-state index contributed by atoms with van der Waals surface area (Å²) in [6.07, 6.45) is 6.08. The average molecular weight is 845 g/mol. The van der Waals surface area contributed by atoms with Crippen molar-refractivity contribution < 1.29 is 47.7 Å². The first-order valence-corrected chi connectivity index (χ1v) is 20.8. The zero-order valence-corrected chi connectivity index (χ0v) is 35.2. The molecule has 0 fully saturated rings. The molecule has 3 aromatic rings. The van der Waals surface area contributed by atoms with Gasteiger partial charge >= 0.3 is 5.97 Å². The van der Waals surface area contributed by atoms with Crippen molar-refractivity contribution in [2.24, 2.45) is 5.92 Å². The van der Waals surface area contributed by atoms with Crippen LogP contribution in [0.15, 0.2) is 35.1 Å². The molecule has 61 heavy (non-hydrogen) atoms. The highest BCUT2D eigenvalue weighted by Crippen LogP contribution is 2.39. The van der Waals surface area contributed by atoms with Crippen LogP contribution in [0, 0.1) is 18.7 Å². The number of nitrogens with one attached hydrogen (secondary N) is 3. The van der Waals surface area contributed by atoms with E-state index in [1.165, 1.54) is 25.1 Å². The van der Waals surface area contributed by atoms with Crippen molar-refractivity contribution in [2.45, 2.75) is 117 Å². The number of rotatable bonds is 19. The van der Waals surface area contributed by atoms with Crippen LogP contribution in [0.25, 0.3) is 22.3 Å². The van der Waals surface area contributed by atoms with Crippen LogP contribution in [0.1, 0.15) is 100 Å². The molecule has 0 radical (unpaired) electrons. The number of aromatic nitrogens is 2. The lowest BCUT2D eigenvalue weighted by molar-refractivity contribution is -0.172. The van der Waals surface area contributed by atoms with E-state index in [1.54, 1.807) is 38.3 Å². The number of esters is 1. The number of fused-ring (bicyclic) bond motifs is 5. The Balaban J connectivity index is 0.950. The Labute approximate surface area is 352 Å². The maximum Gasteiger partial charge on any atom is 0.343 e. The van der Waals surface area contributed by atoms with Crippen LogP contribution in [0.3, 0.4) is 0 Å². The Morgan fingerprint density at radius 2 is 1.72 bits per heavy atom. The fourth-order valence-electron chi connectivity index (χ4n) is 7.97. The van der Waals surface area contributed by atoms with Crippen molar-refractivity contribution >= 4 is 46.4 Å². The minimum Gasteiger partial charge on any atom is -0.458 e. The molecule has 0 aliphatic carbocycles. The van der Waals surface area contributed by atoms with Crippen LogP contribution >= 0.6 is 0 Å². The third kappa shape index (κ3) is 9.42. The Morgan fingerprint density at radius 1 is 0.984 bits per heavy atom. The minimum atomic E-state index is -1.95. The molecule has 0 spiro atoms. The number of pyridine rings is 2. The van der Waals surface area contributed by atoms with Gasteiger partial charge in [-0.05, 0) is 81.5 Å². The number of nitrogens with zero attached hydrogens (tertiary/aromatic N) is 3. The summed E-state index contributed by atoms with van der Waals surface area (Å²) in [5.74, 6) is -3.45. The fraction of sp³-hybridized carbons (Fsp3) is 0.500. The summed E-state index contributed by atoms with van der Waals surface area (Å²) in [7, 11) is 0. The van der Waals surface area contributed by atoms with Crippen LogP contribution in [-0.4, -0.2) is 87.0 Å². The lowest BCUT2D eigenvalue weighted by Crippen LogP contribution is -2.54. The number of aryl methyl sites for hydroxylation is 1. The summed E-state index contributed by atoms with van der Waals surface area (Å²) in [5.41, 5.74) is 1.49. The molecular formula is C44H53FN6O10. The Kier molecular flexibility index (Phi) is 13.8. The van der Waals surface area contributed by atoms with E-state index >= 15 is 4.39 Å². The van der Waals surface area contributed by atoms with Crippen LogP contribution in [0.2, 0.25) is 0 Å². The molecule has 326 valence electrons. The Bertz CT molecular complexity index is 2340. The number of carbonyl (C=O) groups is 6. The van der Waals surface area contributed by atoms with Crippen molar-refractivity contribution in [3.8, 4) is 11.4 Å². The summed E-state index contributed by atoms with van der Waals surface area (Å²) in [4.78, 5) is 93.8. The zero-order valence-electron chi connectivity index (χ0n) is 35.2. The highest BCUT2D eigenvalue weighted by atomic mass is 19.1. The summed E-state index contributed by atoms with van der Waals surface area (Å²) < 4.78 is 27.6. The van der Waals surface area contributed by atoms with Crippen molar-refractivity contribution in [3.63, 3.8) is 0 Å². The molecule has 16 nitrogen and oxygen atoms in total. The highest BCUT2D eigenvalue weighted by molar-refractivity contribution is 6.12. The number of hydrogen-bond acceptors (Lipinski definition) is 11. The van der Waals surface area contributed by atoms with Gasteiger partial charge in [-0.25, -0.2) is 14.2 Å². The van der Waals surface area contributed by atoms with Gasteiger partial charge in [0.25, 0.3) is 17.4 Å². The van der Waals surface area contributed by atoms with Gasteiger partial charge in [-0.1, -0.05) is 27.2 Å². The quantitative estimate of drug-likeness (QED) is 0.0466. The molecule has 3 aliphatic rings. The molecule has 0 saturated carbocycles. The second-order valence-electron chi connectivity index (χ2n) is 16.2. The van der Waals surface area contributed by atoms with Crippen molar-refractivity contribution in [1.82, 2.24) is 30.4 Å². The van der Waals surface area contributed by atoms with Crippen molar-refractivity contribution in [2.75, 3.05) is 19.9 Å². The normalized spacial score (nSPS) is 17.6. The number of carbonyl (C=O) groups excluding carboxylic acids is 6. The summed E-state index contributed by atoms with van der Waals surface area (Å²) >= 11 is 0. The van der Waals surface area contributed by atoms with E-state index < -0.39 is 41.3 Å². The van der Waals surface area contributed by atoms with E-state index in [9.17, 15) is 38.7 Å². The number of hydrogen-bond donors (Lipinski definition) is 4. The smallest absolute Gasteiger partial charge is 0.343 e. The molecule has 3 aliphatic heterocycles.